The third kappa shape index (κ3) is 4.13. The number of benzene rings is 1. The van der Waals surface area contributed by atoms with Crippen molar-refractivity contribution in [3.05, 3.63) is 46.9 Å². The van der Waals surface area contributed by atoms with Gasteiger partial charge in [0.2, 0.25) is 10.0 Å². The van der Waals surface area contributed by atoms with Crippen molar-refractivity contribution >= 4 is 32.4 Å². The predicted octanol–water partition coefficient (Wildman–Crippen LogP) is 2.35. The number of aromatic nitrogens is 3. The standard InChI is InChI=1S/C22H24N6O4S/c23-9-7-18(15-1-2-15)28-19-8-10-24-22(29)20(19)21(26-28)25-16-3-5-17(6-4-16)33(30,31)27-11-13-32-14-12-27/h3-6,8,10,15,18H,1-2,7,11-14H2,(H,24,29)(H,25,26). The molecule has 1 aliphatic heterocycles. The quantitative estimate of drug-likeness (QED) is 0.544. The third-order valence-electron chi connectivity index (χ3n) is 6.14. The SMILES string of the molecule is N#CCC(C1CC1)n1nc(Nc2ccc(S(=O)(=O)N3CCOCC3)cc2)c2c(=O)[nH]ccc21. The molecule has 5 rings (SSSR count). The fraction of sp³-hybridized carbons (Fsp3) is 0.409. The topological polar surface area (TPSA) is 133 Å². The van der Waals surface area contributed by atoms with E-state index in [0.29, 0.717) is 61.1 Å². The summed E-state index contributed by atoms with van der Waals surface area (Å²) in [5, 5.41) is 17.5. The second-order valence-corrected chi connectivity index (χ2v) is 10.2. The number of aromatic amines is 1. The molecule has 1 aromatic carbocycles. The molecule has 2 aromatic heterocycles. The van der Waals surface area contributed by atoms with Gasteiger partial charge in [-0.3, -0.25) is 9.48 Å². The Kier molecular flexibility index (Phi) is 5.65. The fourth-order valence-electron chi connectivity index (χ4n) is 4.25. The summed E-state index contributed by atoms with van der Waals surface area (Å²) >= 11 is 0. The number of hydrogen-bond acceptors (Lipinski definition) is 7. The monoisotopic (exact) mass is 468 g/mol. The number of rotatable bonds is 7. The largest absolute Gasteiger partial charge is 0.379 e. The van der Waals surface area contributed by atoms with E-state index in [1.54, 1.807) is 41.2 Å². The molecule has 172 valence electrons. The fourth-order valence-corrected chi connectivity index (χ4v) is 5.66. The molecule has 33 heavy (non-hydrogen) atoms. The normalized spacial score (nSPS) is 18.2. The number of pyridine rings is 1. The Balaban J connectivity index is 1.46. The smallest absolute Gasteiger partial charge is 0.261 e. The van der Waals surface area contributed by atoms with E-state index in [0.717, 1.165) is 12.8 Å². The highest BCUT2D eigenvalue weighted by Gasteiger charge is 2.34. The number of nitriles is 1. The minimum atomic E-state index is -3.59. The Morgan fingerprint density at radius 2 is 1.94 bits per heavy atom. The highest BCUT2D eigenvalue weighted by molar-refractivity contribution is 7.89. The number of H-pyrrole nitrogens is 1. The average molecular weight is 469 g/mol. The first-order chi connectivity index (χ1) is 16.0. The first-order valence-electron chi connectivity index (χ1n) is 10.9. The average Bonchev–Trinajstić information content (AvgIpc) is 3.61. The van der Waals surface area contributed by atoms with Crippen molar-refractivity contribution in [1.82, 2.24) is 19.1 Å². The van der Waals surface area contributed by atoms with E-state index in [1.807, 2.05) is 0 Å². The van der Waals surface area contributed by atoms with Gasteiger partial charge in [-0.15, -0.1) is 0 Å². The van der Waals surface area contributed by atoms with E-state index in [2.05, 4.69) is 21.5 Å². The maximum absolute atomic E-state index is 12.8. The van der Waals surface area contributed by atoms with Gasteiger partial charge in [-0.25, -0.2) is 8.42 Å². The first kappa shape index (κ1) is 21.6. The van der Waals surface area contributed by atoms with Crippen molar-refractivity contribution in [3.8, 4) is 6.07 Å². The van der Waals surface area contributed by atoms with Gasteiger partial charge in [0.05, 0.1) is 42.2 Å². The maximum Gasteiger partial charge on any atom is 0.261 e. The Bertz CT molecular complexity index is 1360. The van der Waals surface area contributed by atoms with Crippen LogP contribution in [0.15, 0.2) is 46.2 Å². The van der Waals surface area contributed by atoms with Gasteiger partial charge in [-0.1, -0.05) is 0 Å². The minimum Gasteiger partial charge on any atom is -0.379 e. The minimum absolute atomic E-state index is 0.0871. The van der Waals surface area contributed by atoms with Gasteiger partial charge in [-0.05, 0) is 49.1 Å². The number of morpholine rings is 1. The maximum atomic E-state index is 12.8. The summed E-state index contributed by atoms with van der Waals surface area (Å²) < 4.78 is 34.1. The summed E-state index contributed by atoms with van der Waals surface area (Å²) in [7, 11) is -3.59. The zero-order valence-corrected chi connectivity index (χ0v) is 18.7. The molecule has 2 aliphatic rings. The zero-order chi connectivity index (χ0) is 23.0. The number of anilines is 2. The summed E-state index contributed by atoms with van der Waals surface area (Å²) in [6, 6.07) is 10.3. The Hall–Kier alpha value is -3.20. The van der Waals surface area contributed by atoms with Gasteiger partial charge in [-0.2, -0.15) is 14.7 Å². The van der Waals surface area contributed by atoms with Crippen LogP contribution in [-0.2, 0) is 14.8 Å². The first-order valence-corrected chi connectivity index (χ1v) is 12.3. The molecule has 3 aromatic rings. The Morgan fingerprint density at radius 3 is 2.61 bits per heavy atom. The van der Waals surface area contributed by atoms with E-state index < -0.39 is 10.0 Å². The van der Waals surface area contributed by atoms with E-state index in [1.165, 1.54) is 4.31 Å². The molecule has 1 saturated heterocycles. The van der Waals surface area contributed by atoms with Crippen molar-refractivity contribution in [1.29, 1.82) is 5.26 Å². The van der Waals surface area contributed by atoms with E-state index in [9.17, 15) is 18.5 Å². The van der Waals surface area contributed by atoms with E-state index in [-0.39, 0.29) is 16.5 Å². The molecule has 1 saturated carbocycles. The molecule has 0 amide bonds. The molecule has 1 unspecified atom stereocenters. The Labute approximate surface area is 190 Å². The van der Waals surface area contributed by atoms with Crippen LogP contribution < -0.4 is 10.9 Å². The second kappa shape index (κ2) is 8.62. The number of sulfonamides is 1. The van der Waals surface area contributed by atoms with Crippen molar-refractivity contribution < 1.29 is 13.2 Å². The molecular weight excluding hydrogens is 444 g/mol. The number of nitrogens with zero attached hydrogens (tertiary/aromatic N) is 4. The molecule has 2 fully saturated rings. The summed E-state index contributed by atoms with van der Waals surface area (Å²) in [4.78, 5) is 15.5. The highest BCUT2D eigenvalue weighted by atomic mass is 32.2. The molecule has 0 spiro atoms. The molecule has 10 nitrogen and oxygen atoms in total. The number of nitrogens with one attached hydrogen (secondary N) is 2. The van der Waals surface area contributed by atoms with E-state index >= 15 is 0 Å². The lowest BCUT2D eigenvalue weighted by Crippen LogP contribution is -2.40. The summed E-state index contributed by atoms with van der Waals surface area (Å²) in [5.74, 6) is 0.754. The summed E-state index contributed by atoms with van der Waals surface area (Å²) in [6.07, 6.45) is 3.98. The van der Waals surface area contributed by atoms with Gasteiger partial charge in [0.25, 0.3) is 5.56 Å². The van der Waals surface area contributed by atoms with Crippen LogP contribution >= 0.6 is 0 Å². The highest BCUT2D eigenvalue weighted by Crippen LogP contribution is 2.43. The van der Waals surface area contributed by atoms with E-state index in [4.69, 9.17) is 4.74 Å². The number of ether oxygens (including phenoxy) is 1. The molecule has 1 aliphatic carbocycles. The summed E-state index contributed by atoms with van der Waals surface area (Å²) in [6.45, 7) is 1.44. The lowest BCUT2D eigenvalue weighted by molar-refractivity contribution is 0.0730. The van der Waals surface area contributed by atoms with Crippen LogP contribution in [0, 0.1) is 17.2 Å². The lowest BCUT2D eigenvalue weighted by atomic mass is 10.1. The molecule has 0 radical (unpaired) electrons. The van der Waals surface area contributed by atoms with Gasteiger partial charge >= 0.3 is 0 Å². The van der Waals surface area contributed by atoms with Gasteiger partial charge in [0.15, 0.2) is 5.82 Å². The van der Waals surface area contributed by atoms with Crippen LogP contribution in [0.3, 0.4) is 0 Å². The van der Waals surface area contributed by atoms with Crippen molar-refractivity contribution in [2.24, 2.45) is 5.92 Å². The molecular formula is C22H24N6O4S. The Morgan fingerprint density at radius 1 is 1.21 bits per heavy atom. The molecule has 11 heteroatoms. The molecule has 2 N–H and O–H groups in total. The van der Waals surface area contributed by atoms with Crippen LogP contribution in [-0.4, -0.2) is 53.8 Å². The lowest BCUT2D eigenvalue weighted by Gasteiger charge is -2.26. The van der Waals surface area contributed by atoms with Gasteiger partial charge < -0.3 is 15.0 Å². The van der Waals surface area contributed by atoms with Crippen LogP contribution in [0.4, 0.5) is 11.5 Å². The predicted molar refractivity (Wildman–Crippen MR) is 122 cm³/mol. The van der Waals surface area contributed by atoms with Crippen LogP contribution in [0.2, 0.25) is 0 Å². The van der Waals surface area contributed by atoms with Gasteiger partial charge in [0.1, 0.15) is 5.39 Å². The molecule has 3 heterocycles. The number of hydrogen-bond donors (Lipinski definition) is 2. The summed E-state index contributed by atoms with van der Waals surface area (Å²) in [5.41, 5.74) is 0.994. The van der Waals surface area contributed by atoms with Crippen molar-refractivity contribution in [3.63, 3.8) is 0 Å². The molecule has 0 bridgehead atoms. The second-order valence-electron chi connectivity index (χ2n) is 8.29. The number of fused-ring (bicyclic) bond motifs is 1. The third-order valence-corrected chi connectivity index (χ3v) is 8.05. The van der Waals surface area contributed by atoms with Crippen molar-refractivity contribution in [2.75, 3.05) is 31.6 Å². The molecule has 1 atom stereocenters. The van der Waals surface area contributed by atoms with Crippen LogP contribution in [0.25, 0.3) is 10.9 Å². The van der Waals surface area contributed by atoms with Crippen LogP contribution in [0.1, 0.15) is 25.3 Å². The van der Waals surface area contributed by atoms with Gasteiger partial charge in [0, 0.05) is 25.0 Å². The zero-order valence-electron chi connectivity index (χ0n) is 17.9. The van der Waals surface area contributed by atoms with Crippen molar-refractivity contribution in [2.45, 2.75) is 30.2 Å². The van der Waals surface area contributed by atoms with Crippen LogP contribution in [0.5, 0.6) is 0 Å².